The van der Waals surface area contributed by atoms with Gasteiger partial charge in [0, 0.05) is 0 Å². The molecule has 0 atom stereocenters. The van der Waals surface area contributed by atoms with Gasteiger partial charge in [-0.1, -0.05) is 12.1 Å². The number of nitrogens with one attached hydrogen (secondary N) is 1. The normalized spacial score (nSPS) is 15.5. The highest BCUT2D eigenvalue weighted by molar-refractivity contribution is 6.02. The third-order valence-corrected chi connectivity index (χ3v) is 2.21. The first-order valence-corrected chi connectivity index (χ1v) is 4.98. The fraction of sp³-hybridized carbons (Fsp3) is 0.182. The van der Waals surface area contributed by atoms with Crippen LogP contribution in [-0.2, 0) is 4.79 Å². The Kier molecular flexibility index (Phi) is 3.04. The predicted molar refractivity (Wildman–Crippen MR) is 60.8 cm³/mol. The number of imide groups is 1. The summed E-state index contributed by atoms with van der Waals surface area (Å²) in [6.45, 7) is -0.0424. The number of urea groups is 1. The number of benzene rings is 1. The van der Waals surface area contributed by atoms with Crippen molar-refractivity contribution in [3.63, 3.8) is 0 Å². The summed E-state index contributed by atoms with van der Waals surface area (Å²) in [6, 6.07) is 6.72. The third-order valence-electron chi connectivity index (χ3n) is 2.21. The lowest BCUT2D eigenvalue weighted by Crippen LogP contribution is -2.24. The molecule has 0 bridgehead atoms. The van der Waals surface area contributed by atoms with Gasteiger partial charge in [-0.25, -0.2) is 9.80 Å². The van der Waals surface area contributed by atoms with Crippen molar-refractivity contribution in [1.82, 2.24) is 10.3 Å². The number of hydrogen-bond acceptors (Lipinski definition) is 4. The lowest BCUT2D eigenvalue weighted by Gasteiger charge is -2.04. The largest absolute Gasteiger partial charge is 0.497 e. The number of carbonyl (C=O) groups excluding carboxylic acids is 2. The van der Waals surface area contributed by atoms with E-state index in [9.17, 15) is 9.59 Å². The van der Waals surface area contributed by atoms with Gasteiger partial charge < -0.3 is 4.74 Å². The molecule has 17 heavy (non-hydrogen) atoms. The van der Waals surface area contributed by atoms with Crippen LogP contribution in [0.25, 0.3) is 0 Å². The third kappa shape index (κ3) is 2.60. The quantitative estimate of drug-likeness (QED) is 0.613. The number of hydrogen-bond donors (Lipinski definition) is 1. The molecule has 88 valence electrons. The van der Waals surface area contributed by atoms with Gasteiger partial charge in [0.15, 0.2) is 0 Å². The summed E-state index contributed by atoms with van der Waals surface area (Å²) in [5.74, 6) is 0.355. The van der Waals surface area contributed by atoms with Crippen molar-refractivity contribution in [2.45, 2.75) is 0 Å². The van der Waals surface area contributed by atoms with Crippen LogP contribution in [-0.4, -0.2) is 36.8 Å². The number of hydrazone groups is 1. The molecule has 2 rings (SSSR count). The number of carbonyl (C=O) groups is 2. The Labute approximate surface area is 97.9 Å². The Bertz CT molecular complexity index is 485. The Hall–Kier alpha value is -2.37. The van der Waals surface area contributed by atoms with E-state index in [1.807, 2.05) is 18.2 Å². The Morgan fingerprint density at radius 1 is 1.47 bits per heavy atom. The molecule has 0 aliphatic carbocycles. The van der Waals surface area contributed by atoms with E-state index >= 15 is 0 Å². The average Bonchev–Trinajstić information content (AvgIpc) is 2.65. The summed E-state index contributed by atoms with van der Waals surface area (Å²) in [7, 11) is 1.57. The summed E-state index contributed by atoms with van der Waals surface area (Å²) >= 11 is 0. The zero-order valence-electron chi connectivity index (χ0n) is 9.21. The smallest absolute Gasteiger partial charge is 0.344 e. The molecule has 0 spiro atoms. The van der Waals surface area contributed by atoms with Gasteiger partial charge in [-0.3, -0.25) is 10.1 Å². The van der Waals surface area contributed by atoms with Crippen molar-refractivity contribution >= 4 is 18.2 Å². The topological polar surface area (TPSA) is 71.0 Å². The van der Waals surface area contributed by atoms with Gasteiger partial charge in [-0.2, -0.15) is 5.10 Å². The van der Waals surface area contributed by atoms with E-state index < -0.39 is 6.03 Å². The highest BCUT2D eigenvalue weighted by Crippen LogP contribution is 2.11. The fourth-order valence-corrected chi connectivity index (χ4v) is 1.38. The SMILES string of the molecule is COc1cccc(/C=N\N2CC(=O)NC2=O)c1. The second kappa shape index (κ2) is 4.65. The molecule has 1 heterocycles. The van der Waals surface area contributed by atoms with Crippen molar-refractivity contribution in [2.75, 3.05) is 13.7 Å². The molecule has 1 fully saturated rings. The van der Waals surface area contributed by atoms with E-state index in [1.54, 1.807) is 13.2 Å². The molecule has 6 heteroatoms. The molecule has 1 saturated heterocycles. The van der Waals surface area contributed by atoms with Gasteiger partial charge in [0.25, 0.3) is 0 Å². The summed E-state index contributed by atoms with van der Waals surface area (Å²) in [6.07, 6.45) is 1.50. The van der Waals surface area contributed by atoms with Gasteiger partial charge in [0.2, 0.25) is 5.91 Å². The molecule has 1 aliphatic rings. The fourth-order valence-electron chi connectivity index (χ4n) is 1.38. The highest BCUT2D eigenvalue weighted by Gasteiger charge is 2.25. The zero-order chi connectivity index (χ0) is 12.3. The second-order valence-corrected chi connectivity index (χ2v) is 3.43. The monoisotopic (exact) mass is 233 g/mol. The first-order valence-electron chi connectivity index (χ1n) is 4.98. The minimum absolute atomic E-state index is 0.0424. The van der Waals surface area contributed by atoms with Crippen LogP contribution in [0.4, 0.5) is 4.79 Å². The van der Waals surface area contributed by atoms with Crippen molar-refractivity contribution in [2.24, 2.45) is 5.10 Å². The molecule has 0 radical (unpaired) electrons. The van der Waals surface area contributed by atoms with E-state index in [0.29, 0.717) is 5.75 Å². The molecular formula is C11H11N3O3. The molecular weight excluding hydrogens is 222 g/mol. The molecule has 1 aliphatic heterocycles. The van der Waals surface area contributed by atoms with Crippen LogP contribution in [0.2, 0.25) is 0 Å². The maximum absolute atomic E-state index is 11.2. The zero-order valence-corrected chi connectivity index (χ0v) is 9.21. The number of nitrogens with zero attached hydrogens (tertiary/aromatic N) is 2. The summed E-state index contributed by atoms with van der Waals surface area (Å²) < 4.78 is 5.06. The van der Waals surface area contributed by atoms with E-state index in [-0.39, 0.29) is 12.5 Å². The van der Waals surface area contributed by atoms with Crippen LogP contribution >= 0.6 is 0 Å². The molecule has 1 aromatic rings. The van der Waals surface area contributed by atoms with E-state index in [2.05, 4.69) is 10.4 Å². The van der Waals surface area contributed by atoms with Crippen LogP contribution in [0.15, 0.2) is 29.4 Å². The van der Waals surface area contributed by atoms with Gasteiger partial charge in [0.1, 0.15) is 12.3 Å². The van der Waals surface area contributed by atoms with E-state index in [4.69, 9.17) is 4.74 Å². The van der Waals surface area contributed by atoms with Crippen molar-refractivity contribution < 1.29 is 14.3 Å². The molecule has 0 unspecified atom stereocenters. The van der Waals surface area contributed by atoms with E-state index in [1.165, 1.54) is 6.21 Å². The molecule has 0 aromatic heterocycles. The second-order valence-electron chi connectivity index (χ2n) is 3.43. The molecule has 0 saturated carbocycles. The molecule has 1 aromatic carbocycles. The minimum Gasteiger partial charge on any atom is -0.497 e. The maximum Gasteiger partial charge on any atom is 0.344 e. The Morgan fingerprint density at radius 2 is 2.29 bits per heavy atom. The Morgan fingerprint density at radius 3 is 2.94 bits per heavy atom. The summed E-state index contributed by atoms with van der Waals surface area (Å²) in [5, 5.41) is 7.13. The van der Waals surface area contributed by atoms with Crippen LogP contribution in [0.5, 0.6) is 5.75 Å². The number of methoxy groups -OCH3 is 1. The summed E-state index contributed by atoms with van der Waals surface area (Å²) in [5.41, 5.74) is 0.788. The lowest BCUT2D eigenvalue weighted by atomic mass is 10.2. The van der Waals surface area contributed by atoms with Crippen LogP contribution in [0.3, 0.4) is 0 Å². The van der Waals surface area contributed by atoms with Gasteiger partial charge in [-0.15, -0.1) is 0 Å². The number of rotatable bonds is 3. The number of amides is 3. The van der Waals surface area contributed by atoms with Gasteiger partial charge in [0.05, 0.1) is 13.3 Å². The van der Waals surface area contributed by atoms with Crippen LogP contribution in [0.1, 0.15) is 5.56 Å². The van der Waals surface area contributed by atoms with Gasteiger partial charge >= 0.3 is 6.03 Å². The van der Waals surface area contributed by atoms with Gasteiger partial charge in [-0.05, 0) is 17.7 Å². The van der Waals surface area contributed by atoms with Crippen molar-refractivity contribution in [3.8, 4) is 5.75 Å². The lowest BCUT2D eigenvalue weighted by molar-refractivity contribution is -0.118. The number of ether oxygens (including phenoxy) is 1. The minimum atomic E-state index is -0.505. The molecule has 1 N–H and O–H groups in total. The average molecular weight is 233 g/mol. The van der Waals surface area contributed by atoms with Crippen LogP contribution < -0.4 is 10.1 Å². The standard InChI is InChI=1S/C11H11N3O3/c1-17-9-4-2-3-8(5-9)6-12-14-7-10(15)13-11(14)16/h2-6H,7H2,1H3,(H,13,15,16)/b12-6-. The first kappa shape index (κ1) is 11.1. The van der Waals surface area contributed by atoms with Crippen molar-refractivity contribution in [1.29, 1.82) is 0 Å². The maximum atomic E-state index is 11.2. The summed E-state index contributed by atoms with van der Waals surface area (Å²) in [4.78, 5) is 22.1. The first-order chi connectivity index (χ1) is 8.19. The molecule has 6 nitrogen and oxygen atoms in total. The van der Waals surface area contributed by atoms with E-state index in [0.717, 1.165) is 10.6 Å². The Balaban J connectivity index is 2.09. The van der Waals surface area contributed by atoms with Crippen LogP contribution in [0, 0.1) is 0 Å². The highest BCUT2D eigenvalue weighted by atomic mass is 16.5. The molecule has 3 amide bonds. The predicted octanol–water partition coefficient (Wildman–Crippen LogP) is 0.581. The van der Waals surface area contributed by atoms with Crippen molar-refractivity contribution in [3.05, 3.63) is 29.8 Å².